The molecule has 0 aliphatic rings. The fraction of sp³-hybridized carbons (Fsp3) is 0.136. The molecule has 4 aromatic rings. The van der Waals surface area contributed by atoms with Gasteiger partial charge >= 0.3 is 0 Å². The van der Waals surface area contributed by atoms with E-state index in [4.69, 9.17) is 5.84 Å². The number of halogens is 1. The van der Waals surface area contributed by atoms with Crippen molar-refractivity contribution in [2.45, 2.75) is 18.5 Å². The molecule has 0 aliphatic heterocycles. The Morgan fingerprint density at radius 3 is 2.77 bits per heavy atom. The zero-order valence-corrected chi connectivity index (χ0v) is 17.1. The van der Waals surface area contributed by atoms with Gasteiger partial charge in [-0.25, -0.2) is 9.07 Å². The van der Waals surface area contributed by atoms with E-state index in [1.54, 1.807) is 19.1 Å². The van der Waals surface area contributed by atoms with Crippen LogP contribution in [0.3, 0.4) is 0 Å². The predicted octanol–water partition coefficient (Wildman–Crippen LogP) is 3.91. The van der Waals surface area contributed by atoms with Crippen LogP contribution < -0.4 is 11.2 Å². The second-order valence-corrected chi connectivity index (χ2v) is 7.83. The molecule has 0 saturated carbocycles. The van der Waals surface area contributed by atoms with Gasteiger partial charge in [-0.05, 0) is 41.0 Å². The standard InChI is InChI=1S/C22H20FN5OS/c1-14-9-10-17(12-19(14)23)25-21(29)13-30-22-27-26-20(28(22)24)11-16-7-4-6-15-5-2-3-8-18(15)16/h2-10,12H,11,13,24H2,1H3,(H,25,29). The molecule has 152 valence electrons. The minimum Gasteiger partial charge on any atom is -0.336 e. The van der Waals surface area contributed by atoms with Crippen LogP contribution in [0.4, 0.5) is 10.1 Å². The number of hydrogen-bond acceptors (Lipinski definition) is 5. The van der Waals surface area contributed by atoms with E-state index < -0.39 is 0 Å². The van der Waals surface area contributed by atoms with Crippen molar-refractivity contribution in [2.75, 3.05) is 16.9 Å². The summed E-state index contributed by atoms with van der Waals surface area (Å²) in [7, 11) is 0. The van der Waals surface area contributed by atoms with Gasteiger partial charge in [0.2, 0.25) is 11.1 Å². The van der Waals surface area contributed by atoms with Gasteiger partial charge in [0.05, 0.1) is 5.75 Å². The molecule has 0 atom stereocenters. The number of anilines is 1. The van der Waals surface area contributed by atoms with E-state index in [0.717, 1.165) is 16.3 Å². The van der Waals surface area contributed by atoms with Crippen molar-refractivity contribution in [3.05, 3.63) is 83.4 Å². The maximum absolute atomic E-state index is 13.6. The number of nitrogens with one attached hydrogen (secondary N) is 1. The second-order valence-electron chi connectivity index (χ2n) is 6.88. The minimum absolute atomic E-state index is 0.0824. The first-order valence-corrected chi connectivity index (χ1v) is 10.3. The summed E-state index contributed by atoms with van der Waals surface area (Å²) in [6.45, 7) is 1.67. The molecule has 8 heteroatoms. The fourth-order valence-electron chi connectivity index (χ4n) is 3.14. The number of benzene rings is 3. The topological polar surface area (TPSA) is 85.8 Å². The van der Waals surface area contributed by atoms with Crippen molar-refractivity contribution in [1.82, 2.24) is 14.9 Å². The Hall–Kier alpha value is -3.39. The van der Waals surface area contributed by atoms with Crippen molar-refractivity contribution in [2.24, 2.45) is 0 Å². The van der Waals surface area contributed by atoms with Crippen LogP contribution in [-0.2, 0) is 11.2 Å². The number of aromatic nitrogens is 3. The van der Waals surface area contributed by atoms with Crippen LogP contribution in [0.1, 0.15) is 17.0 Å². The van der Waals surface area contributed by atoms with Gasteiger partial charge < -0.3 is 11.2 Å². The number of thioether (sulfide) groups is 1. The highest BCUT2D eigenvalue weighted by molar-refractivity contribution is 7.99. The molecule has 6 nitrogen and oxygen atoms in total. The van der Waals surface area contributed by atoms with Crippen molar-refractivity contribution < 1.29 is 9.18 Å². The van der Waals surface area contributed by atoms with Crippen LogP contribution in [0.25, 0.3) is 10.8 Å². The minimum atomic E-state index is -0.361. The number of nitrogen functional groups attached to an aromatic ring is 1. The lowest BCUT2D eigenvalue weighted by atomic mass is 10.0. The zero-order chi connectivity index (χ0) is 21.1. The van der Waals surface area contributed by atoms with Crippen LogP contribution in [0.5, 0.6) is 0 Å². The van der Waals surface area contributed by atoms with Crippen LogP contribution in [0, 0.1) is 12.7 Å². The van der Waals surface area contributed by atoms with Gasteiger partial charge in [-0.3, -0.25) is 4.79 Å². The number of fused-ring (bicyclic) bond motifs is 1. The quantitative estimate of drug-likeness (QED) is 0.364. The fourth-order valence-corrected chi connectivity index (χ4v) is 3.82. The normalized spacial score (nSPS) is 11.0. The molecule has 0 bridgehead atoms. The highest BCUT2D eigenvalue weighted by Crippen LogP contribution is 2.22. The molecule has 1 aromatic heterocycles. The summed E-state index contributed by atoms with van der Waals surface area (Å²) in [4.78, 5) is 12.2. The lowest BCUT2D eigenvalue weighted by Gasteiger charge is -2.08. The van der Waals surface area contributed by atoms with Gasteiger partial charge in [-0.1, -0.05) is 60.3 Å². The number of amides is 1. The lowest BCUT2D eigenvalue weighted by molar-refractivity contribution is -0.113. The third-order valence-corrected chi connectivity index (χ3v) is 5.69. The van der Waals surface area contributed by atoms with E-state index in [9.17, 15) is 9.18 Å². The first-order chi connectivity index (χ1) is 14.5. The van der Waals surface area contributed by atoms with Gasteiger partial charge in [0.25, 0.3) is 0 Å². The van der Waals surface area contributed by atoms with E-state index >= 15 is 0 Å². The zero-order valence-electron chi connectivity index (χ0n) is 16.3. The van der Waals surface area contributed by atoms with Gasteiger partial charge in [0, 0.05) is 12.1 Å². The van der Waals surface area contributed by atoms with Crippen LogP contribution in [0.15, 0.2) is 65.8 Å². The Morgan fingerprint density at radius 2 is 1.93 bits per heavy atom. The van der Waals surface area contributed by atoms with Crippen molar-refractivity contribution in [3.8, 4) is 0 Å². The molecule has 30 heavy (non-hydrogen) atoms. The Morgan fingerprint density at radius 1 is 1.13 bits per heavy atom. The van der Waals surface area contributed by atoms with Gasteiger partial charge in [0.15, 0.2) is 5.82 Å². The molecular formula is C22H20FN5OS. The molecular weight excluding hydrogens is 401 g/mol. The Bertz CT molecular complexity index is 1220. The largest absolute Gasteiger partial charge is 0.336 e. The smallest absolute Gasteiger partial charge is 0.234 e. The summed E-state index contributed by atoms with van der Waals surface area (Å²) < 4.78 is 15.0. The maximum Gasteiger partial charge on any atom is 0.234 e. The van der Waals surface area contributed by atoms with E-state index in [0.29, 0.717) is 28.7 Å². The number of aryl methyl sites for hydroxylation is 1. The molecule has 0 fully saturated rings. The van der Waals surface area contributed by atoms with Gasteiger partial charge in [-0.2, -0.15) is 0 Å². The van der Waals surface area contributed by atoms with E-state index in [1.165, 1.54) is 22.5 Å². The summed E-state index contributed by atoms with van der Waals surface area (Å²) in [5.41, 5.74) is 2.04. The Labute approximate surface area is 177 Å². The number of nitrogens with two attached hydrogens (primary N) is 1. The molecule has 0 spiro atoms. The number of rotatable bonds is 6. The molecule has 3 aromatic carbocycles. The third kappa shape index (κ3) is 4.28. The Balaban J connectivity index is 1.42. The highest BCUT2D eigenvalue weighted by atomic mass is 32.2. The number of hydrogen-bond donors (Lipinski definition) is 2. The third-order valence-electron chi connectivity index (χ3n) is 4.75. The molecule has 0 radical (unpaired) electrons. The molecule has 1 heterocycles. The average molecular weight is 422 g/mol. The number of nitrogens with zero attached hydrogens (tertiary/aromatic N) is 3. The summed E-state index contributed by atoms with van der Waals surface area (Å²) >= 11 is 1.18. The average Bonchev–Trinajstić information content (AvgIpc) is 3.09. The van der Waals surface area contributed by atoms with E-state index in [2.05, 4.69) is 33.7 Å². The summed E-state index contributed by atoms with van der Waals surface area (Å²) in [5, 5.41) is 13.7. The molecule has 1 amide bonds. The molecule has 3 N–H and O–H groups in total. The molecule has 4 rings (SSSR count). The first kappa shape index (κ1) is 19.9. The maximum atomic E-state index is 13.6. The van der Waals surface area contributed by atoms with Crippen molar-refractivity contribution in [3.63, 3.8) is 0 Å². The van der Waals surface area contributed by atoms with Crippen LogP contribution in [-0.4, -0.2) is 26.5 Å². The summed E-state index contributed by atoms with van der Waals surface area (Å²) in [6, 6.07) is 18.8. The predicted molar refractivity (Wildman–Crippen MR) is 117 cm³/mol. The van der Waals surface area contributed by atoms with Crippen molar-refractivity contribution >= 4 is 34.1 Å². The Kier molecular flexibility index (Phi) is 5.67. The summed E-state index contributed by atoms with van der Waals surface area (Å²) in [6.07, 6.45) is 0.528. The lowest BCUT2D eigenvalue weighted by Crippen LogP contribution is -2.17. The first-order valence-electron chi connectivity index (χ1n) is 9.36. The van der Waals surface area contributed by atoms with Crippen LogP contribution >= 0.6 is 11.8 Å². The van der Waals surface area contributed by atoms with Gasteiger partial charge in [-0.15, -0.1) is 10.2 Å². The summed E-state index contributed by atoms with van der Waals surface area (Å²) in [5.74, 6) is 6.21. The van der Waals surface area contributed by atoms with E-state index in [-0.39, 0.29) is 17.5 Å². The molecule has 0 unspecified atom stereocenters. The van der Waals surface area contributed by atoms with Gasteiger partial charge in [0.1, 0.15) is 5.82 Å². The number of carbonyl (C=O) groups excluding carboxylic acids is 1. The molecule has 0 saturated heterocycles. The van der Waals surface area contributed by atoms with Crippen LogP contribution in [0.2, 0.25) is 0 Å². The second kappa shape index (κ2) is 8.54. The highest BCUT2D eigenvalue weighted by Gasteiger charge is 2.14. The monoisotopic (exact) mass is 421 g/mol. The molecule has 0 aliphatic carbocycles. The number of carbonyl (C=O) groups is 1. The van der Waals surface area contributed by atoms with E-state index in [1.807, 2.05) is 24.3 Å². The SMILES string of the molecule is Cc1ccc(NC(=O)CSc2nnc(Cc3cccc4ccccc34)n2N)cc1F. The van der Waals surface area contributed by atoms with Crippen molar-refractivity contribution in [1.29, 1.82) is 0 Å².